The summed E-state index contributed by atoms with van der Waals surface area (Å²) in [5.74, 6) is 0.841. The van der Waals surface area contributed by atoms with Crippen LogP contribution in [0.1, 0.15) is 39.0 Å². The Hall–Kier alpha value is -1.41. The monoisotopic (exact) mass is 366 g/mol. The van der Waals surface area contributed by atoms with Crippen LogP contribution < -0.4 is 0 Å². The van der Waals surface area contributed by atoms with Crippen molar-refractivity contribution in [3.05, 3.63) is 12.4 Å². The maximum Gasteiger partial charge on any atom is 0.246 e. The molecule has 138 valence electrons. The van der Waals surface area contributed by atoms with Crippen LogP contribution in [0.3, 0.4) is 0 Å². The molecule has 0 bridgehead atoms. The molecule has 1 spiro atoms. The first kappa shape index (κ1) is 17.0. The average molecular weight is 366 g/mol. The molecule has 1 aliphatic carbocycles. The Balaban J connectivity index is 1.52. The van der Waals surface area contributed by atoms with E-state index in [1.807, 2.05) is 11.8 Å². The van der Waals surface area contributed by atoms with E-state index in [-0.39, 0.29) is 10.8 Å². The zero-order chi connectivity index (χ0) is 17.7. The second-order valence-electron chi connectivity index (χ2n) is 7.70. The van der Waals surface area contributed by atoms with E-state index in [0.717, 1.165) is 25.9 Å². The molecule has 1 atom stereocenters. The van der Waals surface area contributed by atoms with E-state index in [2.05, 4.69) is 5.10 Å². The lowest BCUT2D eigenvalue weighted by Crippen LogP contribution is -2.50. The molecule has 7 nitrogen and oxygen atoms in total. The molecule has 8 heteroatoms. The summed E-state index contributed by atoms with van der Waals surface area (Å²) in [6.07, 6.45) is 7.83. The standard InChI is InChI=1S/C17H26N4O3S/c1-2-20-12-15(10-18-20)25(23,24)21-9-7-17(13-21)6-3-8-19(16(17)22)11-14-4-5-14/h10,12,14H,2-9,11,13H2,1H3/t17-/m1/s1. The third-order valence-electron chi connectivity index (χ3n) is 5.89. The van der Waals surface area contributed by atoms with Crippen molar-refractivity contribution in [3.8, 4) is 0 Å². The molecule has 25 heavy (non-hydrogen) atoms. The second kappa shape index (κ2) is 6.09. The summed E-state index contributed by atoms with van der Waals surface area (Å²) in [5.41, 5.74) is -0.513. The Morgan fingerprint density at radius 2 is 2.08 bits per heavy atom. The highest BCUT2D eigenvalue weighted by Crippen LogP contribution is 2.43. The number of nitrogens with zero attached hydrogens (tertiary/aromatic N) is 4. The van der Waals surface area contributed by atoms with Gasteiger partial charge in [0, 0.05) is 38.9 Å². The van der Waals surface area contributed by atoms with Crippen LogP contribution in [-0.2, 0) is 21.4 Å². The van der Waals surface area contributed by atoms with Crippen LogP contribution >= 0.6 is 0 Å². The van der Waals surface area contributed by atoms with Gasteiger partial charge in [0.1, 0.15) is 4.90 Å². The molecule has 3 aliphatic rings. The van der Waals surface area contributed by atoms with Crippen LogP contribution in [-0.4, -0.2) is 59.5 Å². The van der Waals surface area contributed by atoms with Crippen molar-refractivity contribution >= 4 is 15.9 Å². The predicted molar refractivity (Wildman–Crippen MR) is 92.2 cm³/mol. The van der Waals surface area contributed by atoms with Gasteiger partial charge in [-0.2, -0.15) is 9.40 Å². The first-order valence-electron chi connectivity index (χ1n) is 9.27. The highest BCUT2D eigenvalue weighted by Gasteiger charge is 2.51. The summed E-state index contributed by atoms with van der Waals surface area (Å²) in [6.45, 7) is 4.97. The third-order valence-corrected chi connectivity index (χ3v) is 7.69. The molecule has 0 N–H and O–H groups in total. The van der Waals surface area contributed by atoms with E-state index < -0.39 is 15.4 Å². The number of aryl methyl sites for hydroxylation is 1. The number of carbonyl (C=O) groups excluding carboxylic acids is 1. The van der Waals surface area contributed by atoms with Crippen molar-refractivity contribution in [2.75, 3.05) is 26.2 Å². The number of sulfonamides is 1. The third kappa shape index (κ3) is 2.99. The molecule has 1 saturated carbocycles. The number of piperidine rings is 1. The Morgan fingerprint density at radius 3 is 2.76 bits per heavy atom. The van der Waals surface area contributed by atoms with Gasteiger partial charge in [-0.25, -0.2) is 8.42 Å². The van der Waals surface area contributed by atoms with Gasteiger partial charge in [-0.3, -0.25) is 9.48 Å². The Bertz CT molecular complexity index is 771. The van der Waals surface area contributed by atoms with Gasteiger partial charge in [-0.05, 0) is 44.9 Å². The van der Waals surface area contributed by atoms with Crippen molar-refractivity contribution in [2.24, 2.45) is 11.3 Å². The Kier molecular flexibility index (Phi) is 4.15. The van der Waals surface area contributed by atoms with E-state index in [4.69, 9.17) is 0 Å². The molecule has 1 aromatic heterocycles. The van der Waals surface area contributed by atoms with Crippen LogP contribution in [0.25, 0.3) is 0 Å². The van der Waals surface area contributed by atoms with Crippen LogP contribution in [0.4, 0.5) is 0 Å². The van der Waals surface area contributed by atoms with Gasteiger partial charge >= 0.3 is 0 Å². The molecule has 1 amide bonds. The molecule has 0 radical (unpaired) electrons. The van der Waals surface area contributed by atoms with Gasteiger partial charge in [-0.15, -0.1) is 0 Å². The molecule has 2 saturated heterocycles. The lowest BCUT2D eigenvalue weighted by atomic mass is 9.78. The number of hydrogen-bond donors (Lipinski definition) is 0. The van der Waals surface area contributed by atoms with Crippen molar-refractivity contribution in [1.29, 1.82) is 0 Å². The topological polar surface area (TPSA) is 75.5 Å². The molecule has 1 aromatic rings. The summed E-state index contributed by atoms with van der Waals surface area (Å²) in [4.78, 5) is 15.3. The molecule has 0 unspecified atom stereocenters. The van der Waals surface area contributed by atoms with E-state index >= 15 is 0 Å². The average Bonchev–Trinajstić information content (AvgIpc) is 3.12. The quantitative estimate of drug-likeness (QED) is 0.787. The van der Waals surface area contributed by atoms with E-state index in [1.54, 1.807) is 10.9 Å². The minimum atomic E-state index is -3.58. The zero-order valence-electron chi connectivity index (χ0n) is 14.7. The number of carbonyl (C=O) groups is 1. The summed E-state index contributed by atoms with van der Waals surface area (Å²) in [7, 11) is -3.58. The van der Waals surface area contributed by atoms with Gasteiger partial charge < -0.3 is 4.90 Å². The van der Waals surface area contributed by atoms with Gasteiger partial charge in [-0.1, -0.05) is 0 Å². The van der Waals surface area contributed by atoms with Gasteiger partial charge in [0.15, 0.2) is 0 Å². The number of likely N-dealkylation sites (tertiary alicyclic amines) is 1. The number of hydrogen-bond acceptors (Lipinski definition) is 4. The van der Waals surface area contributed by atoms with Gasteiger partial charge in [0.25, 0.3) is 0 Å². The van der Waals surface area contributed by atoms with E-state index in [9.17, 15) is 13.2 Å². The number of aromatic nitrogens is 2. The van der Waals surface area contributed by atoms with Crippen molar-refractivity contribution in [2.45, 2.75) is 50.5 Å². The zero-order valence-corrected chi connectivity index (χ0v) is 15.5. The Morgan fingerprint density at radius 1 is 1.28 bits per heavy atom. The fourth-order valence-electron chi connectivity index (χ4n) is 4.16. The molecule has 3 heterocycles. The lowest BCUT2D eigenvalue weighted by Gasteiger charge is -2.39. The summed E-state index contributed by atoms with van der Waals surface area (Å²) < 4.78 is 28.9. The summed E-state index contributed by atoms with van der Waals surface area (Å²) >= 11 is 0. The van der Waals surface area contributed by atoms with Crippen LogP contribution in [0.5, 0.6) is 0 Å². The van der Waals surface area contributed by atoms with Gasteiger partial charge in [0.2, 0.25) is 15.9 Å². The van der Waals surface area contributed by atoms with Crippen LogP contribution in [0.2, 0.25) is 0 Å². The van der Waals surface area contributed by atoms with Gasteiger partial charge in [0.05, 0.1) is 11.6 Å². The van der Waals surface area contributed by atoms with Crippen LogP contribution in [0, 0.1) is 11.3 Å². The molecule has 2 aliphatic heterocycles. The minimum Gasteiger partial charge on any atom is -0.342 e. The van der Waals surface area contributed by atoms with Crippen molar-refractivity contribution in [3.63, 3.8) is 0 Å². The summed E-state index contributed by atoms with van der Waals surface area (Å²) in [6, 6.07) is 0. The minimum absolute atomic E-state index is 0.174. The van der Waals surface area contributed by atoms with E-state index in [0.29, 0.717) is 32.0 Å². The maximum atomic E-state index is 13.1. The second-order valence-corrected chi connectivity index (χ2v) is 9.64. The van der Waals surface area contributed by atoms with E-state index in [1.165, 1.54) is 23.3 Å². The fraction of sp³-hybridized carbons (Fsp3) is 0.765. The predicted octanol–water partition coefficient (Wildman–Crippen LogP) is 1.32. The first-order valence-corrected chi connectivity index (χ1v) is 10.7. The van der Waals surface area contributed by atoms with Crippen LogP contribution in [0.15, 0.2) is 17.3 Å². The molecule has 3 fully saturated rings. The Labute approximate surface area is 149 Å². The maximum absolute atomic E-state index is 13.1. The largest absolute Gasteiger partial charge is 0.342 e. The SMILES string of the molecule is CCn1cc(S(=O)(=O)N2CC[C@]3(CCCN(CC4CC4)C3=O)C2)cn1. The number of amides is 1. The number of rotatable bonds is 5. The highest BCUT2D eigenvalue weighted by molar-refractivity contribution is 7.89. The fourth-order valence-corrected chi connectivity index (χ4v) is 5.64. The van der Waals surface area contributed by atoms with Crippen molar-refractivity contribution in [1.82, 2.24) is 19.0 Å². The molecule has 0 aromatic carbocycles. The van der Waals surface area contributed by atoms with Crippen molar-refractivity contribution < 1.29 is 13.2 Å². The smallest absolute Gasteiger partial charge is 0.246 e. The first-order chi connectivity index (χ1) is 11.9. The molecule has 4 rings (SSSR count). The molecular weight excluding hydrogens is 340 g/mol. The highest BCUT2D eigenvalue weighted by atomic mass is 32.2. The normalized spacial score (nSPS) is 28.2. The molecular formula is C17H26N4O3S. The lowest BCUT2D eigenvalue weighted by molar-refractivity contribution is -0.145. The summed E-state index contributed by atoms with van der Waals surface area (Å²) in [5, 5.41) is 4.08.